The zero-order valence-electron chi connectivity index (χ0n) is 16.1. The molecular formula is C19H22N4O5. The molecule has 2 N–H and O–H groups in total. The second-order valence-corrected chi connectivity index (χ2v) is 6.52. The number of nitro benzene ring substituents is 1. The van der Waals surface area contributed by atoms with E-state index in [4.69, 9.17) is 4.74 Å². The van der Waals surface area contributed by atoms with E-state index in [-0.39, 0.29) is 35.0 Å². The smallest absolute Gasteiger partial charge is 0.319 e. The van der Waals surface area contributed by atoms with Crippen molar-refractivity contribution in [2.75, 3.05) is 19.4 Å². The lowest BCUT2D eigenvalue weighted by atomic mass is 10.1. The first-order valence-electron chi connectivity index (χ1n) is 8.53. The normalized spacial score (nSPS) is 10.3. The van der Waals surface area contributed by atoms with E-state index in [1.54, 1.807) is 26.2 Å². The molecule has 0 atom stereocenters. The lowest BCUT2D eigenvalue weighted by Crippen LogP contribution is -2.34. The zero-order valence-corrected chi connectivity index (χ0v) is 16.1. The maximum atomic E-state index is 12.5. The number of carbonyl (C=O) groups is 2. The first kappa shape index (κ1) is 20.7. The molecule has 2 aromatic carbocycles. The highest BCUT2D eigenvalue weighted by Crippen LogP contribution is 2.29. The van der Waals surface area contributed by atoms with Crippen molar-refractivity contribution < 1.29 is 19.2 Å². The monoisotopic (exact) mass is 386 g/mol. The van der Waals surface area contributed by atoms with Crippen molar-refractivity contribution in [3.63, 3.8) is 0 Å². The van der Waals surface area contributed by atoms with Crippen molar-refractivity contribution in [3.8, 4) is 11.5 Å². The summed E-state index contributed by atoms with van der Waals surface area (Å²) < 4.78 is 5.74. The molecule has 0 saturated carbocycles. The molecule has 0 aliphatic rings. The first-order chi connectivity index (χ1) is 13.2. The second-order valence-electron chi connectivity index (χ2n) is 6.52. The summed E-state index contributed by atoms with van der Waals surface area (Å²) in [6, 6.07) is 9.78. The van der Waals surface area contributed by atoms with Crippen LogP contribution in [0.2, 0.25) is 0 Å². The summed E-state index contributed by atoms with van der Waals surface area (Å²) in [5, 5.41) is 16.1. The van der Waals surface area contributed by atoms with Gasteiger partial charge in [0.25, 0.3) is 11.6 Å². The minimum atomic E-state index is -0.507. The molecule has 0 saturated heterocycles. The Morgan fingerprint density at radius 3 is 2.29 bits per heavy atom. The third-order valence-electron chi connectivity index (χ3n) is 3.57. The van der Waals surface area contributed by atoms with Gasteiger partial charge < -0.3 is 20.3 Å². The number of urea groups is 1. The number of nitro groups is 1. The fraction of sp³-hybridized carbons (Fsp3) is 0.263. The number of amides is 3. The van der Waals surface area contributed by atoms with Crippen molar-refractivity contribution in [2.24, 2.45) is 0 Å². The quantitative estimate of drug-likeness (QED) is 0.581. The maximum Gasteiger partial charge on any atom is 0.319 e. The van der Waals surface area contributed by atoms with Crippen LogP contribution in [0.4, 0.5) is 16.2 Å². The van der Waals surface area contributed by atoms with E-state index in [1.165, 1.54) is 35.2 Å². The molecule has 0 aliphatic heterocycles. The van der Waals surface area contributed by atoms with Gasteiger partial charge in [0.05, 0.1) is 10.5 Å². The number of benzene rings is 2. The highest BCUT2D eigenvalue weighted by Gasteiger charge is 2.17. The van der Waals surface area contributed by atoms with Crippen LogP contribution in [0.25, 0.3) is 0 Å². The molecule has 0 fully saturated rings. The highest BCUT2D eigenvalue weighted by molar-refractivity contribution is 5.99. The number of ether oxygens (including phenoxy) is 1. The van der Waals surface area contributed by atoms with E-state index in [2.05, 4.69) is 10.6 Å². The summed E-state index contributed by atoms with van der Waals surface area (Å²) in [4.78, 5) is 36.1. The zero-order chi connectivity index (χ0) is 20.8. The second kappa shape index (κ2) is 8.85. The van der Waals surface area contributed by atoms with Gasteiger partial charge in [-0.2, -0.15) is 0 Å². The van der Waals surface area contributed by atoms with Gasteiger partial charge in [-0.1, -0.05) is 0 Å². The van der Waals surface area contributed by atoms with Crippen LogP contribution in [-0.2, 0) is 0 Å². The van der Waals surface area contributed by atoms with Gasteiger partial charge in [0, 0.05) is 38.0 Å². The Morgan fingerprint density at radius 2 is 1.75 bits per heavy atom. The summed E-state index contributed by atoms with van der Waals surface area (Å²) >= 11 is 0. The Bertz CT molecular complexity index is 878. The Hall–Kier alpha value is -3.62. The highest BCUT2D eigenvalue weighted by atomic mass is 16.6. The largest absolute Gasteiger partial charge is 0.457 e. The predicted molar refractivity (Wildman–Crippen MR) is 105 cm³/mol. The van der Waals surface area contributed by atoms with Gasteiger partial charge in [0.2, 0.25) is 0 Å². The third kappa shape index (κ3) is 5.44. The topological polar surface area (TPSA) is 114 Å². The molecule has 9 heteroatoms. The average Bonchev–Trinajstić information content (AvgIpc) is 2.62. The van der Waals surface area contributed by atoms with Crippen molar-refractivity contribution in [1.82, 2.24) is 10.2 Å². The van der Waals surface area contributed by atoms with E-state index in [0.29, 0.717) is 11.4 Å². The van der Waals surface area contributed by atoms with Gasteiger partial charge in [0.1, 0.15) is 11.5 Å². The van der Waals surface area contributed by atoms with Crippen molar-refractivity contribution in [1.29, 1.82) is 0 Å². The minimum absolute atomic E-state index is 0.0346. The minimum Gasteiger partial charge on any atom is -0.457 e. The van der Waals surface area contributed by atoms with Crippen LogP contribution in [0.1, 0.15) is 24.2 Å². The van der Waals surface area contributed by atoms with Crippen LogP contribution < -0.4 is 15.4 Å². The summed E-state index contributed by atoms with van der Waals surface area (Å²) in [6.45, 7) is 3.67. The maximum absolute atomic E-state index is 12.5. The van der Waals surface area contributed by atoms with Crippen molar-refractivity contribution in [2.45, 2.75) is 19.9 Å². The van der Waals surface area contributed by atoms with Gasteiger partial charge in [-0.05, 0) is 44.2 Å². The SMILES string of the molecule is CC(C)NC(=O)Nc1ccc(Oc2ccc([N+](=O)[O-])cc2)c(C(=O)N(C)C)c1. The van der Waals surface area contributed by atoms with Crippen LogP contribution in [0.5, 0.6) is 11.5 Å². The lowest BCUT2D eigenvalue weighted by molar-refractivity contribution is -0.384. The number of carbonyl (C=O) groups excluding carboxylic acids is 2. The van der Waals surface area contributed by atoms with E-state index in [1.807, 2.05) is 13.8 Å². The summed E-state index contributed by atoms with van der Waals surface area (Å²) in [5.41, 5.74) is 0.609. The molecule has 0 aliphatic carbocycles. The van der Waals surface area contributed by atoms with E-state index >= 15 is 0 Å². The van der Waals surface area contributed by atoms with Crippen LogP contribution >= 0.6 is 0 Å². The van der Waals surface area contributed by atoms with E-state index < -0.39 is 4.92 Å². The van der Waals surface area contributed by atoms with E-state index in [0.717, 1.165) is 0 Å². The molecule has 9 nitrogen and oxygen atoms in total. The Morgan fingerprint density at radius 1 is 1.11 bits per heavy atom. The molecule has 148 valence electrons. The molecule has 2 rings (SSSR count). The molecule has 0 bridgehead atoms. The van der Waals surface area contributed by atoms with Gasteiger partial charge in [0.15, 0.2) is 0 Å². The third-order valence-corrected chi connectivity index (χ3v) is 3.57. The Kier molecular flexibility index (Phi) is 6.54. The molecule has 0 radical (unpaired) electrons. The fourth-order valence-electron chi connectivity index (χ4n) is 2.30. The summed E-state index contributed by atoms with van der Waals surface area (Å²) in [7, 11) is 3.20. The van der Waals surface area contributed by atoms with Crippen LogP contribution in [-0.4, -0.2) is 41.9 Å². The van der Waals surface area contributed by atoms with Gasteiger partial charge in [-0.3, -0.25) is 14.9 Å². The van der Waals surface area contributed by atoms with Crippen LogP contribution in [0.3, 0.4) is 0 Å². The number of hydrogen-bond donors (Lipinski definition) is 2. The number of anilines is 1. The number of rotatable bonds is 6. The number of hydrogen-bond acceptors (Lipinski definition) is 5. The number of nitrogens with one attached hydrogen (secondary N) is 2. The Labute approximate surface area is 162 Å². The number of nitrogens with zero attached hydrogens (tertiary/aromatic N) is 2. The molecule has 0 unspecified atom stereocenters. The van der Waals surface area contributed by atoms with Crippen molar-refractivity contribution in [3.05, 3.63) is 58.1 Å². The molecule has 2 aromatic rings. The van der Waals surface area contributed by atoms with Gasteiger partial charge in [-0.25, -0.2) is 4.79 Å². The van der Waals surface area contributed by atoms with Crippen molar-refractivity contribution >= 4 is 23.3 Å². The lowest BCUT2D eigenvalue weighted by Gasteiger charge is -2.17. The average molecular weight is 386 g/mol. The standard InChI is InChI=1S/C19H22N4O5/c1-12(2)20-19(25)21-13-5-10-17(16(11-13)18(24)22(3)4)28-15-8-6-14(7-9-15)23(26)27/h5-12H,1-4H3,(H2,20,21,25). The molecule has 0 heterocycles. The first-order valence-corrected chi connectivity index (χ1v) is 8.53. The molecular weight excluding hydrogens is 364 g/mol. The fourth-order valence-corrected chi connectivity index (χ4v) is 2.30. The van der Waals surface area contributed by atoms with Crippen LogP contribution in [0.15, 0.2) is 42.5 Å². The molecule has 3 amide bonds. The summed E-state index contributed by atoms with van der Waals surface area (Å²) in [6.07, 6.45) is 0. The number of non-ortho nitro benzene ring substituents is 1. The molecule has 28 heavy (non-hydrogen) atoms. The molecule has 0 spiro atoms. The summed E-state index contributed by atoms with van der Waals surface area (Å²) in [5.74, 6) is 0.295. The molecule has 0 aromatic heterocycles. The van der Waals surface area contributed by atoms with Crippen LogP contribution in [0, 0.1) is 10.1 Å². The Balaban J connectivity index is 2.30. The van der Waals surface area contributed by atoms with E-state index in [9.17, 15) is 19.7 Å². The van der Waals surface area contributed by atoms with Gasteiger partial charge in [-0.15, -0.1) is 0 Å². The predicted octanol–water partition coefficient (Wildman–Crippen LogP) is 3.62. The van der Waals surface area contributed by atoms with Gasteiger partial charge >= 0.3 is 6.03 Å².